The number of benzene rings is 1. The molecular formula is C11H13F2NO2. The maximum absolute atomic E-state index is 13.4. The van der Waals surface area contributed by atoms with E-state index in [2.05, 4.69) is 0 Å². The van der Waals surface area contributed by atoms with Crippen LogP contribution in [0.15, 0.2) is 12.1 Å². The number of halogens is 2. The Balaban J connectivity index is 2.90. The smallest absolute Gasteiger partial charge is 0.303 e. The van der Waals surface area contributed by atoms with Gasteiger partial charge in [-0.05, 0) is 25.0 Å². The minimum Gasteiger partial charge on any atom is -0.481 e. The summed E-state index contributed by atoms with van der Waals surface area (Å²) in [6, 6.07) is 1.71. The molecule has 1 aromatic carbocycles. The molecule has 88 valence electrons. The van der Waals surface area contributed by atoms with Gasteiger partial charge in [-0.15, -0.1) is 0 Å². The van der Waals surface area contributed by atoms with E-state index in [0.29, 0.717) is 5.56 Å². The van der Waals surface area contributed by atoms with Crippen molar-refractivity contribution in [1.82, 2.24) is 0 Å². The van der Waals surface area contributed by atoms with Crippen LogP contribution < -0.4 is 5.73 Å². The van der Waals surface area contributed by atoms with Gasteiger partial charge in [-0.3, -0.25) is 4.79 Å². The van der Waals surface area contributed by atoms with Crippen LogP contribution in [0.4, 0.5) is 8.78 Å². The molecule has 0 aromatic heterocycles. The first-order chi connectivity index (χ1) is 7.41. The van der Waals surface area contributed by atoms with E-state index < -0.39 is 23.6 Å². The van der Waals surface area contributed by atoms with Gasteiger partial charge >= 0.3 is 5.97 Å². The molecule has 3 N–H and O–H groups in total. The predicted molar refractivity (Wildman–Crippen MR) is 54.9 cm³/mol. The van der Waals surface area contributed by atoms with Crippen LogP contribution in [0.1, 0.15) is 30.0 Å². The van der Waals surface area contributed by atoms with Gasteiger partial charge in [0.15, 0.2) is 11.6 Å². The molecule has 0 fully saturated rings. The van der Waals surface area contributed by atoms with Crippen LogP contribution in [0, 0.1) is 18.6 Å². The second-order valence-corrected chi connectivity index (χ2v) is 3.69. The van der Waals surface area contributed by atoms with Crippen molar-refractivity contribution in [2.75, 3.05) is 0 Å². The Morgan fingerprint density at radius 1 is 1.50 bits per heavy atom. The van der Waals surface area contributed by atoms with Crippen molar-refractivity contribution in [3.63, 3.8) is 0 Å². The highest BCUT2D eigenvalue weighted by Gasteiger charge is 2.16. The molecule has 0 spiro atoms. The fourth-order valence-corrected chi connectivity index (χ4v) is 1.46. The van der Waals surface area contributed by atoms with Crippen LogP contribution >= 0.6 is 0 Å². The summed E-state index contributed by atoms with van der Waals surface area (Å²) in [7, 11) is 0. The molecule has 5 heteroatoms. The van der Waals surface area contributed by atoms with Gasteiger partial charge in [0.05, 0.1) is 0 Å². The molecule has 0 radical (unpaired) electrons. The molecule has 3 nitrogen and oxygen atoms in total. The van der Waals surface area contributed by atoms with Crippen molar-refractivity contribution in [3.05, 3.63) is 34.9 Å². The lowest BCUT2D eigenvalue weighted by Gasteiger charge is -2.13. The van der Waals surface area contributed by atoms with Crippen molar-refractivity contribution in [3.8, 4) is 0 Å². The molecule has 0 aliphatic carbocycles. The van der Waals surface area contributed by atoms with Gasteiger partial charge in [-0.2, -0.15) is 0 Å². The molecule has 0 aliphatic heterocycles. The Bertz CT molecular complexity index is 407. The van der Waals surface area contributed by atoms with Crippen molar-refractivity contribution in [1.29, 1.82) is 0 Å². The summed E-state index contributed by atoms with van der Waals surface area (Å²) >= 11 is 0. The zero-order valence-corrected chi connectivity index (χ0v) is 8.84. The number of nitrogens with two attached hydrogens (primary N) is 1. The third kappa shape index (κ3) is 3.00. The molecule has 1 atom stereocenters. The van der Waals surface area contributed by atoms with Crippen molar-refractivity contribution >= 4 is 5.97 Å². The number of aryl methyl sites for hydroxylation is 1. The second-order valence-electron chi connectivity index (χ2n) is 3.69. The van der Waals surface area contributed by atoms with Crippen LogP contribution in [0.3, 0.4) is 0 Å². The standard InChI is InChI=1S/C11H13F2NO2/c1-6-4-7(11(13)8(12)5-6)9(14)2-3-10(15)16/h4-5,9H,2-3,14H2,1H3,(H,15,16). The third-order valence-corrected chi connectivity index (χ3v) is 2.27. The first kappa shape index (κ1) is 12.6. The molecule has 0 amide bonds. The van der Waals surface area contributed by atoms with Gasteiger partial charge in [0.1, 0.15) is 0 Å². The molecular weight excluding hydrogens is 216 g/mol. The summed E-state index contributed by atoms with van der Waals surface area (Å²) in [4.78, 5) is 10.3. The molecule has 0 heterocycles. The Labute approximate surface area is 91.9 Å². The minimum absolute atomic E-state index is 0.0266. The van der Waals surface area contributed by atoms with Crippen LogP contribution in [-0.2, 0) is 4.79 Å². The fourth-order valence-electron chi connectivity index (χ4n) is 1.46. The number of carboxylic acids is 1. The predicted octanol–water partition coefficient (Wildman–Crippen LogP) is 2.14. The fraction of sp³-hybridized carbons (Fsp3) is 0.364. The summed E-state index contributed by atoms with van der Waals surface area (Å²) in [5.74, 6) is -2.96. The zero-order chi connectivity index (χ0) is 12.3. The Hall–Kier alpha value is -1.49. The van der Waals surface area contributed by atoms with Gasteiger partial charge in [0.2, 0.25) is 0 Å². The quantitative estimate of drug-likeness (QED) is 0.831. The lowest BCUT2D eigenvalue weighted by Crippen LogP contribution is -2.15. The van der Waals surface area contributed by atoms with Gasteiger partial charge < -0.3 is 10.8 Å². The van der Waals surface area contributed by atoms with Crippen LogP contribution in [0.25, 0.3) is 0 Å². The number of carbonyl (C=O) groups is 1. The van der Waals surface area contributed by atoms with E-state index in [0.717, 1.165) is 6.07 Å². The van der Waals surface area contributed by atoms with Gasteiger partial charge in [0.25, 0.3) is 0 Å². The summed E-state index contributed by atoms with van der Waals surface area (Å²) in [5, 5.41) is 8.46. The van der Waals surface area contributed by atoms with Crippen molar-refractivity contribution in [2.24, 2.45) is 5.73 Å². The first-order valence-electron chi connectivity index (χ1n) is 4.84. The summed E-state index contributed by atoms with van der Waals surface area (Å²) in [5.41, 5.74) is 6.19. The van der Waals surface area contributed by atoms with Crippen molar-refractivity contribution in [2.45, 2.75) is 25.8 Å². The van der Waals surface area contributed by atoms with Crippen LogP contribution in [-0.4, -0.2) is 11.1 Å². The van der Waals surface area contributed by atoms with E-state index in [1.54, 1.807) is 6.92 Å². The third-order valence-electron chi connectivity index (χ3n) is 2.27. The molecule has 0 aliphatic rings. The molecule has 1 aromatic rings. The molecule has 1 rings (SSSR count). The number of aliphatic carboxylic acids is 1. The van der Waals surface area contributed by atoms with E-state index in [4.69, 9.17) is 10.8 Å². The highest BCUT2D eigenvalue weighted by atomic mass is 19.2. The monoisotopic (exact) mass is 229 g/mol. The molecule has 1 unspecified atom stereocenters. The first-order valence-corrected chi connectivity index (χ1v) is 4.84. The molecule has 16 heavy (non-hydrogen) atoms. The largest absolute Gasteiger partial charge is 0.481 e. The minimum atomic E-state index is -1.01. The normalized spacial score (nSPS) is 12.5. The van der Waals surface area contributed by atoms with Crippen molar-refractivity contribution < 1.29 is 18.7 Å². The lowest BCUT2D eigenvalue weighted by atomic mass is 10.00. The maximum atomic E-state index is 13.4. The molecule has 0 saturated carbocycles. The SMILES string of the molecule is Cc1cc(F)c(F)c(C(N)CCC(=O)O)c1. The molecule has 0 bridgehead atoms. The van der Waals surface area contributed by atoms with Gasteiger partial charge in [-0.25, -0.2) is 8.78 Å². The summed E-state index contributed by atoms with van der Waals surface area (Å²) < 4.78 is 26.4. The van der Waals surface area contributed by atoms with E-state index in [1.807, 2.05) is 0 Å². The second kappa shape index (κ2) is 5.03. The van der Waals surface area contributed by atoms with Crippen LogP contribution in [0.5, 0.6) is 0 Å². The topological polar surface area (TPSA) is 63.3 Å². The number of rotatable bonds is 4. The Kier molecular flexibility index (Phi) is 3.95. The number of carboxylic acid groups (broad SMARTS) is 1. The zero-order valence-electron chi connectivity index (χ0n) is 8.84. The lowest BCUT2D eigenvalue weighted by molar-refractivity contribution is -0.137. The Morgan fingerprint density at radius 3 is 2.69 bits per heavy atom. The van der Waals surface area contributed by atoms with Gasteiger partial charge in [-0.1, -0.05) is 6.07 Å². The van der Waals surface area contributed by atoms with E-state index >= 15 is 0 Å². The van der Waals surface area contributed by atoms with E-state index in [1.165, 1.54) is 6.07 Å². The number of hydrogen-bond acceptors (Lipinski definition) is 2. The average Bonchev–Trinajstić information content (AvgIpc) is 2.19. The summed E-state index contributed by atoms with van der Waals surface area (Å²) in [6.45, 7) is 1.62. The van der Waals surface area contributed by atoms with Gasteiger partial charge in [0, 0.05) is 18.0 Å². The maximum Gasteiger partial charge on any atom is 0.303 e. The molecule has 0 saturated heterocycles. The summed E-state index contributed by atoms with van der Waals surface area (Å²) in [6.07, 6.45) is -0.0920. The average molecular weight is 229 g/mol. The van der Waals surface area contributed by atoms with E-state index in [9.17, 15) is 13.6 Å². The number of hydrogen-bond donors (Lipinski definition) is 2. The highest BCUT2D eigenvalue weighted by molar-refractivity contribution is 5.66. The Morgan fingerprint density at radius 2 is 2.12 bits per heavy atom. The highest BCUT2D eigenvalue weighted by Crippen LogP contribution is 2.22. The van der Waals surface area contributed by atoms with E-state index in [-0.39, 0.29) is 18.4 Å². The van der Waals surface area contributed by atoms with Crippen LogP contribution in [0.2, 0.25) is 0 Å².